The second-order valence-corrected chi connectivity index (χ2v) is 13.7. The monoisotopic (exact) mass is 795 g/mol. The van der Waals surface area contributed by atoms with Crippen LogP contribution in [0.15, 0.2) is 158 Å². The van der Waals surface area contributed by atoms with E-state index in [1.165, 1.54) is 0 Å². The third-order valence-electron chi connectivity index (χ3n) is 10.2. The quantitative estimate of drug-likeness (QED) is 0.0602. The summed E-state index contributed by atoms with van der Waals surface area (Å²) in [5.74, 6) is 1.46. The van der Waals surface area contributed by atoms with E-state index in [9.17, 15) is 9.59 Å². The van der Waals surface area contributed by atoms with E-state index in [0.29, 0.717) is 23.0 Å². The number of primary amides is 1. The van der Waals surface area contributed by atoms with Gasteiger partial charge in [-0.25, -0.2) is 0 Å². The highest BCUT2D eigenvalue weighted by molar-refractivity contribution is 5.80. The Morgan fingerprint density at radius 3 is 1.00 bits per heavy atom. The van der Waals surface area contributed by atoms with Crippen molar-refractivity contribution in [2.24, 2.45) is 5.73 Å². The van der Waals surface area contributed by atoms with Gasteiger partial charge in [0.05, 0.1) is 48.1 Å². The summed E-state index contributed by atoms with van der Waals surface area (Å²) in [4.78, 5) is 25.3. The minimum Gasteiger partial charge on any atom is -0.497 e. The van der Waals surface area contributed by atoms with Crippen molar-refractivity contribution in [1.82, 2.24) is 0 Å². The maximum atomic E-state index is 13.5. The Morgan fingerprint density at radius 1 is 0.441 bits per heavy atom. The fraction of sp³-hybridized carbons (Fsp3) is 0.224. The van der Waals surface area contributed by atoms with Crippen LogP contribution in [0.5, 0.6) is 23.0 Å². The van der Waals surface area contributed by atoms with Crippen LogP contribution >= 0.6 is 0 Å². The molecule has 0 atom stereocenters. The molecule has 59 heavy (non-hydrogen) atoms. The van der Waals surface area contributed by atoms with Crippen LogP contribution < -0.4 is 24.7 Å². The number of esters is 1. The zero-order valence-corrected chi connectivity index (χ0v) is 33.7. The molecular formula is C49H49NO9. The van der Waals surface area contributed by atoms with Crippen molar-refractivity contribution in [2.45, 2.75) is 30.1 Å². The fourth-order valence-electron chi connectivity index (χ4n) is 7.17. The molecule has 0 fully saturated rings. The van der Waals surface area contributed by atoms with E-state index in [4.69, 9.17) is 38.9 Å². The molecule has 1 amide bonds. The zero-order valence-electron chi connectivity index (χ0n) is 33.7. The second kappa shape index (κ2) is 19.7. The van der Waals surface area contributed by atoms with Crippen LogP contribution in [0.25, 0.3) is 0 Å². The van der Waals surface area contributed by atoms with Gasteiger partial charge in [0.2, 0.25) is 5.91 Å². The summed E-state index contributed by atoms with van der Waals surface area (Å²) in [6.45, 7) is -0.267. The van der Waals surface area contributed by atoms with E-state index >= 15 is 0 Å². The molecule has 0 aliphatic carbocycles. The number of carbonyl (C=O) groups excluding carboxylic acids is 2. The Labute approximate surface area is 345 Å². The van der Waals surface area contributed by atoms with Gasteiger partial charge in [0.15, 0.2) is 0 Å². The van der Waals surface area contributed by atoms with Gasteiger partial charge in [-0.2, -0.15) is 0 Å². The summed E-state index contributed by atoms with van der Waals surface area (Å²) < 4.78 is 42.7. The molecule has 6 rings (SSSR count). The molecule has 10 nitrogen and oxygen atoms in total. The predicted molar refractivity (Wildman–Crippen MR) is 225 cm³/mol. The number of nitrogens with two attached hydrogens (primary N) is 1. The Bertz CT molecular complexity index is 1990. The van der Waals surface area contributed by atoms with Crippen LogP contribution in [-0.2, 0) is 35.0 Å². The van der Waals surface area contributed by atoms with Crippen LogP contribution in [0.4, 0.5) is 0 Å². The molecule has 6 aromatic rings. The first kappa shape index (κ1) is 42.0. The van der Waals surface area contributed by atoms with E-state index < -0.39 is 29.2 Å². The van der Waals surface area contributed by atoms with E-state index in [0.717, 1.165) is 33.4 Å². The third-order valence-corrected chi connectivity index (χ3v) is 10.2. The predicted octanol–water partition coefficient (Wildman–Crippen LogP) is 8.22. The first-order valence-electron chi connectivity index (χ1n) is 19.2. The Morgan fingerprint density at radius 2 is 0.729 bits per heavy atom. The lowest BCUT2D eigenvalue weighted by molar-refractivity contribution is -0.163. The standard InChI is InChI=1S/C49H49NO9/c1-53-41-23-15-37(16-24-41)48(35-11-7-5-8-12-35,38-17-25-42(54-2)26-18-38)57-33-45(59-47(52)32-31-46(50)51)34-58-49(36-13-9-6-10-14-36,39-19-27-43(55-3)28-20-39)40-21-29-44(56-4)30-22-40/h5-30,45H,31-34H2,1-4H3,(H2,50,51). The second-order valence-electron chi connectivity index (χ2n) is 13.7. The lowest BCUT2D eigenvalue weighted by Gasteiger charge is -2.39. The normalized spacial score (nSPS) is 11.5. The van der Waals surface area contributed by atoms with E-state index in [2.05, 4.69) is 0 Å². The highest BCUT2D eigenvalue weighted by Crippen LogP contribution is 2.44. The van der Waals surface area contributed by atoms with Gasteiger partial charge in [0.25, 0.3) is 0 Å². The smallest absolute Gasteiger partial charge is 0.306 e. The number of hydrogen-bond acceptors (Lipinski definition) is 9. The largest absolute Gasteiger partial charge is 0.497 e. The molecule has 0 aliphatic heterocycles. The summed E-state index contributed by atoms with van der Waals surface area (Å²) in [5.41, 5.74) is 7.83. The maximum absolute atomic E-state index is 13.5. The van der Waals surface area contributed by atoms with Crippen molar-refractivity contribution in [2.75, 3.05) is 41.7 Å². The van der Waals surface area contributed by atoms with E-state index in [-0.39, 0.29) is 26.1 Å². The van der Waals surface area contributed by atoms with Gasteiger partial charge < -0.3 is 38.9 Å². The number of ether oxygens (including phenoxy) is 7. The van der Waals surface area contributed by atoms with Crippen molar-refractivity contribution >= 4 is 11.9 Å². The summed E-state index contributed by atoms with van der Waals surface area (Å²) in [6, 6.07) is 50.3. The summed E-state index contributed by atoms with van der Waals surface area (Å²) in [5, 5.41) is 0. The molecule has 10 heteroatoms. The first-order valence-corrected chi connectivity index (χ1v) is 19.2. The van der Waals surface area contributed by atoms with Gasteiger partial charge in [-0.15, -0.1) is 0 Å². The molecule has 0 saturated carbocycles. The van der Waals surface area contributed by atoms with Crippen molar-refractivity contribution in [3.8, 4) is 23.0 Å². The molecule has 6 aromatic carbocycles. The summed E-state index contributed by atoms with van der Waals surface area (Å²) in [7, 11) is 6.46. The summed E-state index contributed by atoms with van der Waals surface area (Å²) >= 11 is 0. The van der Waals surface area contributed by atoms with E-state index in [1.54, 1.807) is 28.4 Å². The first-order chi connectivity index (χ1) is 28.7. The van der Waals surface area contributed by atoms with Gasteiger partial charge in [-0.05, 0) is 81.9 Å². The van der Waals surface area contributed by atoms with E-state index in [1.807, 2.05) is 158 Å². The SMILES string of the molecule is COc1ccc(C(OCC(COC(c2ccccc2)(c2ccc(OC)cc2)c2ccc(OC)cc2)OC(=O)CCC(N)=O)(c2ccccc2)c2ccc(OC)cc2)cc1. The highest BCUT2D eigenvalue weighted by Gasteiger charge is 2.42. The zero-order chi connectivity index (χ0) is 41.7. The topological polar surface area (TPSA) is 125 Å². The number of carbonyl (C=O) groups is 2. The van der Waals surface area contributed by atoms with Crippen LogP contribution in [-0.4, -0.2) is 59.6 Å². The fourth-order valence-corrected chi connectivity index (χ4v) is 7.17. The number of amides is 1. The molecule has 2 N–H and O–H groups in total. The molecule has 0 aliphatic rings. The van der Waals surface area contributed by atoms with Crippen molar-refractivity contribution in [1.29, 1.82) is 0 Å². The number of rotatable bonds is 20. The maximum Gasteiger partial charge on any atom is 0.306 e. The van der Waals surface area contributed by atoms with Crippen molar-refractivity contribution in [3.05, 3.63) is 191 Å². The van der Waals surface area contributed by atoms with Crippen LogP contribution in [0, 0.1) is 0 Å². The average molecular weight is 796 g/mol. The molecule has 0 radical (unpaired) electrons. The molecule has 0 heterocycles. The Hall–Kier alpha value is -6.62. The molecule has 0 saturated heterocycles. The summed E-state index contributed by atoms with van der Waals surface area (Å²) in [6.07, 6.45) is -1.38. The molecular weight excluding hydrogens is 747 g/mol. The number of benzene rings is 6. The Kier molecular flexibility index (Phi) is 14.0. The molecule has 0 aromatic heterocycles. The van der Waals surface area contributed by atoms with Gasteiger partial charge in [-0.1, -0.05) is 109 Å². The third kappa shape index (κ3) is 9.58. The van der Waals surface area contributed by atoms with Crippen LogP contribution in [0.3, 0.4) is 0 Å². The Balaban J connectivity index is 1.48. The lowest BCUT2D eigenvalue weighted by atomic mass is 9.79. The van der Waals surface area contributed by atoms with Gasteiger partial charge >= 0.3 is 5.97 Å². The van der Waals surface area contributed by atoms with Crippen molar-refractivity contribution < 1.29 is 42.7 Å². The van der Waals surface area contributed by atoms with Crippen LogP contribution in [0.2, 0.25) is 0 Å². The minimum atomic E-state index is -1.22. The minimum absolute atomic E-state index is 0.134. The molecule has 0 bridgehead atoms. The van der Waals surface area contributed by atoms with Gasteiger partial charge in [0.1, 0.15) is 40.3 Å². The van der Waals surface area contributed by atoms with Crippen molar-refractivity contribution in [3.63, 3.8) is 0 Å². The lowest BCUT2D eigenvalue weighted by Crippen LogP contribution is -2.41. The highest BCUT2D eigenvalue weighted by atomic mass is 16.6. The molecule has 0 unspecified atom stereocenters. The molecule has 0 spiro atoms. The molecule has 304 valence electrons. The number of hydrogen-bond donors (Lipinski definition) is 1. The van der Waals surface area contributed by atoms with Crippen LogP contribution in [0.1, 0.15) is 46.2 Å². The number of methoxy groups -OCH3 is 4. The van der Waals surface area contributed by atoms with Gasteiger partial charge in [-0.3, -0.25) is 9.59 Å². The average Bonchev–Trinajstić information content (AvgIpc) is 3.30. The van der Waals surface area contributed by atoms with Gasteiger partial charge in [0, 0.05) is 6.42 Å².